The number of esters is 1. The second-order valence-electron chi connectivity index (χ2n) is 7.99. The minimum Gasteiger partial charge on any atom is -0.466 e. The molecular formula is C28H26N4O3S3. The molecule has 1 amide bonds. The topological polar surface area (TPSA) is 92.3 Å². The zero-order valence-corrected chi connectivity index (χ0v) is 23.0. The predicted molar refractivity (Wildman–Crippen MR) is 159 cm³/mol. The number of carbonyl (C=O) groups is 2. The first-order chi connectivity index (χ1) is 18.5. The second-order valence-corrected chi connectivity index (χ2v) is 10.4. The lowest BCUT2D eigenvalue weighted by Crippen LogP contribution is -2.19. The van der Waals surface area contributed by atoms with Crippen LogP contribution >= 0.6 is 35.3 Å². The maximum Gasteiger partial charge on any atom is 0.311 e. The number of hydrogen-bond donors (Lipinski definition) is 3. The summed E-state index contributed by atoms with van der Waals surface area (Å²) < 4.78 is 4.97. The van der Waals surface area contributed by atoms with Crippen LogP contribution in [0.15, 0.2) is 95.2 Å². The number of hydrogen-bond acceptors (Lipinski definition) is 7. The third kappa shape index (κ3) is 8.14. The zero-order chi connectivity index (χ0) is 26.7. The van der Waals surface area contributed by atoms with E-state index in [0.717, 1.165) is 21.8 Å². The Balaban J connectivity index is 1.41. The summed E-state index contributed by atoms with van der Waals surface area (Å²) >= 11 is 8.12. The van der Waals surface area contributed by atoms with Gasteiger partial charge in [0.1, 0.15) is 5.25 Å². The van der Waals surface area contributed by atoms with Gasteiger partial charge in [-0.15, -0.1) is 23.1 Å². The average Bonchev–Trinajstić information content (AvgIpc) is 3.35. The Kier molecular flexibility index (Phi) is 9.85. The summed E-state index contributed by atoms with van der Waals surface area (Å²) in [6.07, 6.45) is 0.0712. The molecular weight excluding hydrogens is 537 g/mol. The van der Waals surface area contributed by atoms with Gasteiger partial charge in [-0.2, -0.15) is 0 Å². The highest BCUT2D eigenvalue weighted by molar-refractivity contribution is 8.00. The summed E-state index contributed by atoms with van der Waals surface area (Å²) in [7, 11) is 0. The number of nitrogens with one attached hydrogen (secondary N) is 3. The van der Waals surface area contributed by atoms with Crippen LogP contribution < -0.4 is 16.0 Å². The molecule has 4 aromatic rings. The molecule has 0 saturated heterocycles. The molecule has 38 heavy (non-hydrogen) atoms. The van der Waals surface area contributed by atoms with Gasteiger partial charge in [0.15, 0.2) is 10.2 Å². The number of benzene rings is 3. The molecule has 10 heteroatoms. The molecule has 4 rings (SSSR count). The SMILES string of the molecule is CCOC(=O)Cc1csc(NC(=O)C(Sc2ccc(NC(=S)Nc3ccccc3)cc2)c2ccccc2)n1. The van der Waals surface area contributed by atoms with Gasteiger partial charge >= 0.3 is 5.97 Å². The van der Waals surface area contributed by atoms with Gasteiger partial charge in [0, 0.05) is 21.7 Å². The van der Waals surface area contributed by atoms with E-state index in [9.17, 15) is 9.59 Å². The first kappa shape index (κ1) is 27.3. The lowest BCUT2D eigenvalue weighted by molar-refractivity contribution is -0.142. The normalized spacial score (nSPS) is 11.3. The van der Waals surface area contributed by atoms with Crippen LogP contribution in [0.4, 0.5) is 16.5 Å². The molecule has 0 spiro atoms. The smallest absolute Gasteiger partial charge is 0.311 e. The molecule has 0 fully saturated rings. The van der Waals surface area contributed by atoms with Gasteiger partial charge < -0.3 is 20.7 Å². The van der Waals surface area contributed by atoms with Gasteiger partial charge in [0.05, 0.1) is 18.7 Å². The van der Waals surface area contributed by atoms with Gasteiger partial charge in [-0.05, 0) is 61.1 Å². The highest BCUT2D eigenvalue weighted by atomic mass is 32.2. The van der Waals surface area contributed by atoms with Crippen LogP contribution in [0.3, 0.4) is 0 Å². The maximum absolute atomic E-state index is 13.3. The van der Waals surface area contributed by atoms with Crippen LogP contribution in [-0.2, 0) is 20.7 Å². The van der Waals surface area contributed by atoms with Crippen molar-refractivity contribution >= 4 is 68.8 Å². The number of carbonyl (C=O) groups excluding carboxylic acids is 2. The second kappa shape index (κ2) is 13.7. The van der Waals surface area contributed by atoms with Crippen molar-refractivity contribution in [3.8, 4) is 0 Å². The molecule has 0 radical (unpaired) electrons. The zero-order valence-electron chi connectivity index (χ0n) is 20.5. The molecule has 0 aliphatic rings. The molecule has 3 aromatic carbocycles. The molecule has 1 atom stereocenters. The maximum atomic E-state index is 13.3. The minimum absolute atomic E-state index is 0.0712. The van der Waals surface area contributed by atoms with E-state index in [1.54, 1.807) is 12.3 Å². The first-order valence-electron chi connectivity index (χ1n) is 11.9. The van der Waals surface area contributed by atoms with Crippen molar-refractivity contribution in [2.24, 2.45) is 0 Å². The summed E-state index contributed by atoms with van der Waals surface area (Å²) in [6.45, 7) is 2.07. The monoisotopic (exact) mass is 562 g/mol. The Labute approximate surface area is 235 Å². The molecule has 7 nitrogen and oxygen atoms in total. The molecule has 3 N–H and O–H groups in total. The van der Waals surface area contributed by atoms with E-state index in [1.165, 1.54) is 23.1 Å². The molecule has 1 unspecified atom stereocenters. The Bertz CT molecular complexity index is 1360. The van der Waals surface area contributed by atoms with Crippen molar-refractivity contribution in [2.75, 3.05) is 22.6 Å². The van der Waals surface area contributed by atoms with Crippen molar-refractivity contribution in [3.05, 3.63) is 102 Å². The van der Waals surface area contributed by atoms with Crippen LogP contribution in [-0.4, -0.2) is 28.6 Å². The van der Waals surface area contributed by atoms with E-state index in [2.05, 4.69) is 20.9 Å². The average molecular weight is 563 g/mol. The van der Waals surface area contributed by atoms with Gasteiger partial charge in [-0.1, -0.05) is 48.5 Å². The first-order valence-corrected chi connectivity index (χ1v) is 14.0. The quantitative estimate of drug-likeness (QED) is 0.114. The Morgan fingerprint density at radius 2 is 1.55 bits per heavy atom. The number of thioether (sulfide) groups is 1. The molecule has 1 aromatic heterocycles. The molecule has 194 valence electrons. The Hall–Kier alpha value is -3.73. The van der Waals surface area contributed by atoms with E-state index in [0.29, 0.717) is 22.5 Å². The summed E-state index contributed by atoms with van der Waals surface area (Å²) in [6, 6.07) is 27.0. The third-order valence-electron chi connectivity index (χ3n) is 5.15. The van der Waals surface area contributed by atoms with E-state index in [4.69, 9.17) is 17.0 Å². The number of thiazole rings is 1. The minimum atomic E-state index is -0.506. The summed E-state index contributed by atoms with van der Waals surface area (Å²) in [5.41, 5.74) is 3.17. The lowest BCUT2D eigenvalue weighted by atomic mass is 10.1. The van der Waals surface area contributed by atoms with E-state index in [1.807, 2.05) is 84.9 Å². The Morgan fingerprint density at radius 3 is 2.21 bits per heavy atom. The summed E-state index contributed by atoms with van der Waals surface area (Å²) in [4.78, 5) is 30.4. The van der Waals surface area contributed by atoms with Crippen molar-refractivity contribution in [1.29, 1.82) is 0 Å². The van der Waals surface area contributed by atoms with Crippen molar-refractivity contribution in [3.63, 3.8) is 0 Å². The fraction of sp³-hybridized carbons (Fsp3) is 0.143. The van der Waals surface area contributed by atoms with Crippen molar-refractivity contribution < 1.29 is 14.3 Å². The van der Waals surface area contributed by atoms with Crippen molar-refractivity contribution in [2.45, 2.75) is 23.5 Å². The van der Waals surface area contributed by atoms with E-state index in [-0.39, 0.29) is 18.3 Å². The number of para-hydroxylation sites is 1. The molecule has 1 heterocycles. The number of anilines is 3. The fourth-order valence-corrected chi connectivity index (χ4v) is 5.42. The summed E-state index contributed by atoms with van der Waals surface area (Å²) in [5, 5.41) is 11.4. The Morgan fingerprint density at radius 1 is 0.921 bits per heavy atom. The van der Waals surface area contributed by atoms with Gasteiger partial charge in [0.25, 0.3) is 0 Å². The number of rotatable bonds is 10. The van der Waals surface area contributed by atoms with Crippen molar-refractivity contribution in [1.82, 2.24) is 4.98 Å². The largest absolute Gasteiger partial charge is 0.466 e. The molecule has 0 bridgehead atoms. The van der Waals surface area contributed by atoms with Gasteiger partial charge in [-0.25, -0.2) is 4.98 Å². The number of ether oxygens (including phenoxy) is 1. The molecule has 0 aliphatic heterocycles. The number of amides is 1. The highest BCUT2D eigenvalue weighted by Crippen LogP contribution is 2.37. The fourth-order valence-electron chi connectivity index (χ4n) is 3.45. The highest BCUT2D eigenvalue weighted by Gasteiger charge is 2.23. The van der Waals surface area contributed by atoms with Crippen LogP contribution in [0.2, 0.25) is 0 Å². The van der Waals surface area contributed by atoms with Crippen LogP contribution in [0.5, 0.6) is 0 Å². The number of thiocarbonyl (C=S) groups is 1. The summed E-state index contributed by atoms with van der Waals surface area (Å²) in [5.74, 6) is -0.545. The third-order valence-corrected chi connectivity index (χ3v) is 7.43. The molecule has 0 aliphatic carbocycles. The number of aromatic nitrogens is 1. The van der Waals surface area contributed by atoms with E-state index >= 15 is 0 Å². The number of nitrogens with zero attached hydrogens (tertiary/aromatic N) is 1. The van der Waals surface area contributed by atoms with Gasteiger partial charge in [-0.3, -0.25) is 9.59 Å². The molecule has 0 saturated carbocycles. The standard InChI is InChI=1S/C28H26N4O3S3/c1-2-35-24(33)17-22-18-37-28(31-22)32-26(34)25(19-9-5-3-6-10-19)38-23-15-13-21(14-16-23)30-27(36)29-20-11-7-4-8-12-20/h3-16,18,25H,2,17H2,1H3,(H2,29,30,36)(H,31,32,34). The predicted octanol–water partition coefficient (Wildman–Crippen LogP) is 6.53. The van der Waals surface area contributed by atoms with Gasteiger partial charge in [0.2, 0.25) is 5.91 Å². The van der Waals surface area contributed by atoms with Crippen LogP contribution in [0.1, 0.15) is 23.4 Å². The lowest BCUT2D eigenvalue weighted by Gasteiger charge is -2.17. The van der Waals surface area contributed by atoms with Crippen LogP contribution in [0.25, 0.3) is 0 Å². The van der Waals surface area contributed by atoms with Crippen LogP contribution in [0, 0.1) is 0 Å². The van der Waals surface area contributed by atoms with E-state index < -0.39 is 5.25 Å².